The van der Waals surface area contributed by atoms with Gasteiger partial charge in [0, 0.05) is 22.8 Å². The highest BCUT2D eigenvalue weighted by Crippen LogP contribution is 2.36. The topological polar surface area (TPSA) is 52.0 Å². The number of benzene rings is 1. The summed E-state index contributed by atoms with van der Waals surface area (Å²) in [6, 6.07) is 2.07. The second-order valence-corrected chi connectivity index (χ2v) is 3.16. The molecule has 0 saturated carbocycles. The van der Waals surface area contributed by atoms with Crippen LogP contribution in [0.3, 0.4) is 0 Å². The largest absolute Gasteiger partial charge is 0.416 e. The van der Waals surface area contributed by atoms with E-state index in [1.807, 2.05) is 0 Å². The van der Waals surface area contributed by atoms with Gasteiger partial charge in [-0.3, -0.25) is 0 Å². The minimum atomic E-state index is -4.48. The van der Waals surface area contributed by atoms with E-state index in [9.17, 15) is 13.2 Å². The van der Waals surface area contributed by atoms with Gasteiger partial charge in [-0.2, -0.15) is 13.2 Å². The molecule has 0 fully saturated rings. The number of hydrogen-bond acceptors (Lipinski definition) is 2. The van der Waals surface area contributed by atoms with Crippen LogP contribution in [0.15, 0.2) is 12.1 Å². The van der Waals surface area contributed by atoms with E-state index in [-0.39, 0.29) is 22.8 Å². The zero-order valence-corrected chi connectivity index (χ0v) is 7.78. The van der Waals surface area contributed by atoms with E-state index < -0.39 is 11.7 Å². The van der Waals surface area contributed by atoms with Gasteiger partial charge in [0.15, 0.2) is 0 Å². The average molecular weight is 225 g/mol. The molecular weight excluding hydrogens is 217 g/mol. The van der Waals surface area contributed by atoms with Gasteiger partial charge in [-0.1, -0.05) is 11.6 Å². The maximum atomic E-state index is 12.4. The standard InChI is InChI=1S/C8H8ClF3N2/c9-4-1-6(8(10,11)12)5(3-13)7(14)2-4/h1-2H,3,13-14H2. The first-order valence-corrected chi connectivity index (χ1v) is 4.09. The molecule has 0 aliphatic carbocycles. The third-order valence-electron chi connectivity index (χ3n) is 1.76. The molecule has 1 rings (SSSR count). The van der Waals surface area contributed by atoms with E-state index in [1.54, 1.807) is 0 Å². The smallest absolute Gasteiger partial charge is 0.398 e. The molecule has 0 atom stereocenters. The summed E-state index contributed by atoms with van der Waals surface area (Å²) in [7, 11) is 0. The lowest BCUT2D eigenvalue weighted by Gasteiger charge is -2.14. The highest BCUT2D eigenvalue weighted by molar-refractivity contribution is 6.31. The van der Waals surface area contributed by atoms with Gasteiger partial charge in [0.05, 0.1) is 5.56 Å². The van der Waals surface area contributed by atoms with Crippen molar-refractivity contribution in [1.82, 2.24) is 0 Å². The van der Waals surface area contributed by atoms with E-state index in [4.69, 9.17) is 23.1 Å². The summed E-state index contributed by atoms with van der Waals surface area (Å²) >= 11 is 5.46. The predicted octanol–water partition coefficient (Wildman–Crippen LogP) is 2.40. The SMILES string of the molecule is NCc1c(N)cc(Cl)cc1C(F)(F)F. The number of nitrogens with two attached hydrogens (primary N) is 2. The van der Waals surface area contributed by atoms with Crippen LogP contribution in [-0.4, -0.2) is 0 Å². The second-order valence-electron chi connectivity index (χ2n) is 2.72. The Bertz CT molecular complexity index is 349. The maximum Gasteiger partial charge on any atom is 0.416 e. The first kappa shape index (κ1) is 11.1. The number of hydrogen-bond donors (Lipinski definition) is 2. The minimum absolute atomic E-state index is 0.0349. The Balaban J connectivity index is 3.40. The molecule has 0 radical (unpaired) electrons. The van der Waals surface area contributed by atoms with Crippen LogP contribution < -0.4 is 11.5 Å². The molecule has 0 aliphatic heterocycles. The molecule has 4 N–H and O–H groups in total. The van der Waals surface area contributed by atoms with E-state index in [0.29, 0.717) is 0 Å². The van der Waals surface area contributed by atoms with Gasteiger partial charge in [0.2, 0.25) is 0 Å². The van der Waals surface area contributed by atoms with Gasteiger partial charge in [0.1, 0.15) is 0 Å². The summed E-state index contributed by atoms with van der Waals surface area (Å²) < 4.78 is 37.3. The minimum Gasteiger partial charge on any atom is -0.398 e. The predicted molar refractivity (Wildman–Crippen MR) is 48.8 cm³/mol. The fourth-order valence-electron chi connectivity index (χ4n) is 1.14. The van der Waals surface area contributed by atoms with Gasteiger partial charge in [0.25, 0.3) is 0 Å². The zero-order valence-electron chi connectivity index (χ0n) is 7.03. The Morgan fingerprint density at radius 2 is 1.86 bits per heavy atom. The molecule has 0 aliphatic rings. The summed E-state index contributed by atoms with van der Waals surface area (Å²) in [5, 5.41) is -0.0491. The first-order valence-electron chi connectivity index (χ1n) is 3.71. The van der Waals surface area contributed by atoms with Crippen LogP contribution in [-0.2, 0) is 12.7 Å². The first-order chi connectivity index (χ1) is 6.36. The van der Waals surface area contributed by atoms with Crippen molar-refractivity contribution in [3.63, 3.8) is 0 Å². The molecule has 0 spiro atoms. The molecule has 2 nitrogen and oxygen atoms in total. The van der Waals surface area contributed by atoms with Crippen molar-refractivity contribution in [2.75, 3.05) is 5.73 Å². The number of alkyl halides is 3. The van der Waals surface area contributed by atoms with Crippen LogP contribution in [0.4, 0.5) is 18.9 Å². The van der Waals surface area contributed by atoms with Gasteiger partial charge in [-0.05, 0) is 12.1 Å². The molecule has 0 aromatic heterocycles. The number of nitrogen functional groups attached to an aromatic ring is 1. The van der Waals surface area contributed by atoms with Crippen molar-refractivity contribution in [2.45, 2.75) is 12.7 Å². The Labute approximate surface area is 83.6 Å². The summed E-state index contributed by atoms with van der Waals surface area (Å²) in [6.45, 7) is -0.266. The molecule has 78 valence electrons. The van der Waals surface area contributed by atoms with Crippen LogP contribution >= 0.6 is 11.6 Å². The fraction of sp³-hybridized carbons (Fsp3) is 0.250. The molecule has 14 heavy (non-hydrogen) atoms. The van der Waals surface area contributed by atoms with Crippen LogP contribution in [0, 0.1) is 0 Å². The highest BCUT2D eigenvalue weighted by atomic mass is 35.5. The van der Waals surface area contributed by atoms with Gasteiger partial charge >= 0.3 is 6.18 Å². The van der Waals surface area contributed by atoms with E-state index >= 15 is 0 Å². The van der Waals surface area contributed by atoms with Crippen molar-refractivity contribution in [2.24, 2.45) is 5.73 Å². The van der Waals surface area contributed by atoms with Crippen LogP contribution in [0.1, 0.15) is 11.1 Å². The third kappa shape index (κ3) is 2.10. The lowest BCUT2D eigenvalue weighted by molar-refractivity contribution is -0.138. The molecular formula is C8H8ClF3N2. The fourth-order valence-corrected chi connectivity index (χ4v) is 1.37. The summed E-state index contributed by atoms with van der Waals surface area (Å²) in [5.41, 5.74) is 9.51. The lowest BCUT2D eigenvalue weighted by atomic mass is 10.1. The van der Waals surface area contributed by atoms with Crippen LogP contribution in [0.2, 0.25) is 5.02 Å². The molecule has 0 amide bonds. The van der Waals surface area contributed by atoms with Crippen molar-refractivity contribution in [1.29, 1.82) is 0 Å². The van der Waals surface area contributed by atoms with Crippen LogP contribution in [0.5, 0.6) is 0 Å². The molecule has 0 heterocycles. The highest BCUT2D eigenvalue weighted by Gasteiger charge is 2.34. The quantitative estimate of drug-likeness (QED) is 0.720. The molecule has 1 aromatic carbocycles. The summed E-state index contributed by atoms with van der Waals surface area (Å²) in [5.74, 6) is 0. The molecule has 6 heteroatoms. The number of anilines is 1. The maximum absolute atomic E-state index is 12.4. The molecule has 0 bridgehead atoms. The Morgan fingerprint density at radius 3 is 2.29 bits per heavy atom. The van der Waals surface area contributed by atoms with Gasteiger partial charge < -0.3 is 11.5 Å². The van der Waals surface area contributed by atoms with E-state index in [1.165, 1.54) is 6.07 Å². The van der Waals surface area contributed by atoms with Crippen molar-refractivity contribution >= 4 is 17.3 Å². The van der Waals surface area contributed by atoms with Crippen molar-refractivity contribution in [3.05, 3.63) is 28.3 Å². The number of halogens is 4. The van der Waals surface area contributed by atoms with Gasteiger partial charge in [-0.15, -0.1) is 0 Å². The van der Waals surface area contributed by atoms with E-state index in [0.717, 1.165) is 6.07 Å². The lowest BCUT2D eigenvalue weighted by Crippen LogP contribution is -2.14. The Kier molecular flexibility index (Phi) is 2.92. The Hall–Kier alpha value is -0.940. The molecule has 1 aromatic rings. The molecule has 0 unspecified atom stereocenters. The number of rotatable bonds is 1. The Morgan fingerprint density at radius 1 is 1.29 bits per heavy atom. The normalized spacial score (nSPS) is 11.8. The van der Waals surface area contributed by atoms with Gasteiger partial charge in [-0.25, -0.2) is 0 Å². The average Bonchev–Trinajstić information content (AvgIpc) is 2.01. The zero-order chi connectivity index (χ0) is 10.9. The van der Waals surface area contributed by atoms with Crippen molar-refractivity contribution < 1.29 is 13.2 Å². The van der Waals surface area contributed by atoms with E-state index in [2.05, 4.69) is 0 Å². The monoisotopic (exact) mass is 224 g/mol. The van der Waals surface area contributed by atoms with Crippen LogP contribution in [0.25, 0.3) is 0 Å². The second kappa shape index (κ2) is 3.67. The summed E-state index contributed by atoms with van der Waals surface area (Å²) in [6.07, 6.45) is -4.48. The molecule has 0 saturated heterocycles. The summed E-state index contributed by atoms with van der Waals surface area (Å²) in [4.78, 5) is 0. The third-order valence-corrected chi connectivity index (χ3v) is 1.98. The van der Waals surface area contributed by atoms with Crippen molar-refractivity contribution in [3.8, 4) is 0 Å².